The van der Waals surface area contributed by atoms with Crippen LogP contribution < -0.4 is 0 Å². The van der Waals surface area contributed by atoms with E-state index in [1.165, 1.54) is 13.8 Å². The van der Waals surface area contributed by atoms with Gasteiger partial charge in [-0.25, -0.2) is 0 Å². The molecule has 0 saturated heterocycles. The van der Waals surface area contributed by atoms with Gasteiger partial charge in [-0.3, -0.25) is 14.4 Å². The van der Waals surface area contributed by atoms with Gasteiger partial charge in [-0.15, -0.1) is 0 Å². The maximum atomic E-state index is 12.9. The molecular formula is C19H28O5. The van der Waals surface area contributed by atoms with Crippen molar-refractivity contribution in [1.29, 1.82) is 0 Å². The summed E-state index contributed by atoms with van der Waals surface area (Å²) in [4.78, 5) is 36.1. The number of fused-ring (bicyclic) bond motifs is 2. The third-order valence-corrected chi connectivity index (χ3v) is 7.07. The molecule has 5 heteroatoms. The number of hydrogen-bond acceptors (Lipinski definition) is 5. The van der Waals surface area contributed by atoms with Gasteiger partial charge in [0.15, 0.2) is 0 Å². The molecule has 4 aliphatic carbocycles. The van der Waals surface area contributed by atoms with E-state index in [-0.39, 0.29) is 47.5 Å². The number of carbonyl (C=O) groups excluding carboxylic acids is 3. The summed E-state index contributed by atoms with van der Waals surface area (Å²) in [5.41, 5.74) is -0.797. The fourth-order valence-corrected chi connectivity index (χ4v) is 6.23. The maximum absolute atomic E-state index is 12.9. The molecule has 0 unspecified atom stereocenters. The second kappa shape index (κ2) is 5.30. The fraction of sp³-hybridized carbons (Fsp3) is 0.842. The molecule has 4 bridgehead atoms. The summed E-state index contributed by atoms with van der Waals surface area (Å²) in [6.07, 6.45) is 0.432. The monoisotopic (exact) mass is 336 g/mol. The number of ketones is 1. The number of carbonyl (C=O) groups is 3. The number of hydrogen-bond donors (Lipinski definition) is 0. The number of esters is 2. The number of rotatable bonds is 2. The van der Waals surface area contributed by atoms with Crippen molar-refractivity contribution >= 4 is 17.7 Å². The van der Waals surface area contributed by atoms with Crippen LogP contribution in [0.3, 0.4) is 0 Å². The minimum absolute atomic E-state index is 0.0633. The summed E-state index contributed by atoms with van der Waals surface area (Å²) in [5, 5.41) is 0. The summed E-state index contributed by atoms with van der Waals surface area (Å²) < 4.78 is 11.3. The number of ether oxygens (including phenoxy) is 2. The Morgan fingerprint density at radius 3 is 2.12 bits per heavy atom. The Morgan fingerprint density at radius 1 is 1.00 bits per heavy atom. The van der Waals surface area contributed by atoms with Crippen LogP contribution in [0.5, 0.6) is 0 Å². The summed E-state index contributed by atoms with van der Waals surface area (Å²) in [6.45, 7) is 11.1. The lowest BCUT2D eigenvalue weighted by Gasteiger charge is -2.70. The molecule has 5 nitrogen and oxygen atoms in total. The third-order valence-electron chi connectivity index (χ3n) is 7.07. The summed E-state index contributed by atoms with van der Waals surface area (Å²) >= 11 is 0. The zero-order chi connectivity index (χ0) is 18.0. The molecule has 4 rings (SSSR count). The maximum Gasteiger partial charge on any atom is 0.302 e. The van der Waals surface area contributed by atoms with Crippen molar-refractivity contribution in [2.75, 3.05) is 0 Å². The van der Waals surface area contributed by atoms with Crippen LogP contribution in [0.15, 0.2) is 0 Å². The van der Waals surface area contributed by atoms with E-state index < -0.39 is 11.5 Å². The summed E-state index contributed by atoms with van der Waals surface area (Å²) in [6, 6.07) is 0. The smallest absolute Gasteiger partial charge is 0.302 e. The molecule has 0 spiro atoms. The molecule has 4 saturated carbocycles. The first-order valence-electron chi connectivity index (χ1n) is 8.89. The quantitative estimate of drug-likeness (QED) is 0.725. The molecule has 0 aromatic carbocycles. The van der Waals surface area contributed by atoms with Crippen molar-refractivity contribution in [3.63, 3.8) is 0 Å². The van der Waals surface area contributed by atoms with Gasteiger partial charge in [0.05, 0.1) is 0 Å². The lowest BCUT2D eigenvalue weighted by Crippen LogP contribution is -2.72. The van der Waals surface area contributed by atoms with Crippen molar-refractivity contribution < 1.29 is 23.9 Å². The normalized spacial score (nSPS) is 45.7. The SMILES string of the molecule is CC(=O)O[C@@H]1C[C@@H](C)[C@H]2[C@H]3[C@@H]1[C@]2(C)[C@H](OC(C)=O)CC(=O)C3(C)C. The second-order valence-electron chi connectivity index (χ2n) is 8.75. The molecule has 4 fully saturated rings. The molecule has 0 aliphatic heterocycles. The minimum atomic E-state index is -0.489. The second-order valence-corrected chi connectivity index (χ2v) is 8.75. The van der Waals surface area contributed by atoms with Gasteiger partial charge in [0.25, 0.3) is 0 Å². The summed E-state index contributed by atoms with van der Waals surface area (Å²) in [7, 11) is 0. The van der Waals surface area contributed by atoms with Crippen molar-refractivity contribution in [1.82, 2.24) is 0 Å². The highest BCUT2D eigenvalue weighted by atomic mass is 16.6. The minimum Gasteiger partial charge on any atom is -0.462 e. The van der Waals surface area contributed by atoms with Crippen molar-refractivity contribution in [2.45, 2.75) is 66.6 Å². The van der Waals surface area contributed by atoms with Gasteiger partial charge in [0, 0.05) is 37.0 Å². The molecule has 134 valence electrons. The van der Waals surface area contributed by atoms with Crippen LogP contribution in [0, 0.1) is 34.5 Å². The number of Topliss-reactive ketones (excluding diaryl/α,β-unsaturated/α-hetero) is 1. The van der Waals surface area contributed by atoms with Gasteiger partial charge in [0.2, 0.25) is 0 Å². The van der Waals surface area contributed by atoms with Crippen molar-refractivity contribution in [3.8, 4) is 0 Å². The van der Waals surface area contributed by atoms with Gasteiger partial charge >= 0.3 is 11.9 Å². The topological polar surface area (TPSA) is 69.7 Å². The van der Waals surface area contributed by atoms with Crippen LogP contribution in [0.25, 0.3) is 0 Å². The van der Waals surface area contributed by atoms with Crippen LogP contribution in [0.2, 0.25) is 0 Å². The first kappa shape index (κ1) is 17.4. The van der Waals surface area contributed by atoms with Crippen LogP contribution in [0.1, 0.15) is 54.4 Å². The van der Waals surface area contributed by atoms with Gasteiger partial charge in [-0.2, -0.15) is 0 Å². The van der Waals surface area contributed by atoms with E-state index in [2.05, 4.69) is 13.8 Å². The lowest BCUT2D eigenvalue weighted by atomic mass is 9.35. The average Bonchev–Trinajstić information content (AvgIpc) is 2.50. The van der Waals surface area contributed by atoms with Gasteiger partial charge < -0.3 is 9.47 Å². The largest absolute Gasteiger partial charge is 0.462 e. The van der Waals surface area contributed by atoms with E-state index in [4.69, 9.17) is 9.47 Å². The highest BCUT2D eigenvalue weighted by molar-refractivity contribution is 5.86. The third kappa shape index (κ3) is 2.16. The first-order valence-corrected chi connectivity index (χ1v) is 8.89. The first-order chi connectivity index (χ1) is 11.0. The fourth-order valence-electron chi connectivity index (χ4n) is 6.23. The van der Waals surface area contributed by atoms with E-state index in [0.717, 1.165) is 6.42 Å². The van der Waals surface area contributed by atoms with Gasteiger partial charge in [-0.05, 0) is 24.2 Å². The Hall–Kier alpha value is -1.39. The van der Waals surface area contributed by atoms with E-state index in [1.807, 2.05) is 13.8 Å². The Labute approximate surface area is 143 Å². The van der Waals surface area contributed by atoms with E-state index in [0.29, 0.717) is 11.8 Å². The highest BCUT2D eigenvalue weighted by Crippen LogP contribution is 2.73. The standard InChI is InChI=1S/C19H28O5/c1-9-7-12(23-10(2)20)16-17-15(9)19(16,6)14(24-11(3)21)8-13(22)18(17,4)5/h9,12,14-17H,7-8H2,1-6H3/t9-,12-,14-,15+,16-,17+,19-/m1/s1. The zero-order valence-electron chi connectivity index (χ0n) is 15.4. The van der Waals surface area contributed by atoms with Gasteiger partial charge in [0.1, 0.15) is 18.0 Å². The lowest BCUT2D eigenvalue weighted by molar-refractivity contribution is -0.282. The molecule has 4 aliphatic rings. The zero-order valence-corrected chi connectivity index (χ0v) is 15.4. The van der Waals surface area contributed by atoms with E-state index in [9.17, 15) is 14.4 Å². The predicted octanol–water partition coefficient (Wildman–Crippen LogP) is 2.76. The highest BCUT2D eigenvalue weighted by Gasteiger charge is 2.75. The molecule has 24 heavy (non-hydrogen) atoms. The van der Waals surface area contributed by atoms with Crippen LogP contribution in [-0.2, 0) is 23.9 Å². The molecular weight excluding hydrogens is 308 g/mol. The van der Waals surface area contributed by atoms with E-state index >= 15 is 0 Å². The van der Waals surface area contributed by atoms with Crippen LogP contribution in [0.4, 0.5) is 0 Å². The average molecular weight is 336 g/mol. The van der Waals surface area contributed by atoms with Crippen molar-refractivity contribution in [3.05, 3.63) is 0 Å². The van der Waals surface area contributed by atoms with Crippen molar-refractivity contribution in [2.24, 2.45) is 34.5 Å². The van der Waals surface area contributed by atoms with Gasteiger partial charge in [-0.1, -0.05) is 27.7 Å². The molecule has 0 amide bonds. The Bertz CT molecular complexity index is 595. The van der Waals surface area contributed by atoms with Crippen LogP contribution >= 0.6 is 0 Å². The molecule has 0 aromatic heterocycles. The summed E-state index contributed by atoms with van der Waals surface area (Å²) in [5.74, 6) is 0.360. The molecule has 0 aromatic rings. The van der Waals surface area contributed by atoms with E-state index in [1.54, 1.807) is 0 Å². The Kier molecular flexibility index (Phi) is 3.85. The Morgan fingerprint density at radius 2 is 1.58 bits per heavy atom. The molecule has 0 heterocycles. The molecule has 7 atom stereocenters. The molecule has 0 N–H and O–H groups in total. The van der Waals surface area contributed by atoms with Crippen LogP contribution in [-0.4, -0.2) is 29.9 Å². The molecule has 0 radical (unpaired) electrons. The predicted molar refractivity (Wildman–Crippen MR) is 86.9 cm³/mol. The Balaban J connectivity index is 2.08.